The van der Waals surface area contributed by atoms with E-state index in [-0.39, 0.29) is 53.7 Å². The van der Waals surface area contributed by atoms with Gasteiger partial charge < -0.3 is 90.0 Å². The first-order valence-electron chi connectivity index (χ1n) is 40.6. The summed E-state index contributed by atoms with van der Waals surface area (Å²) in [6.07, 6.45) is 24.0. The SMILES string of the molecule is Cc1ccc(C(=O)N2CCC(n3cnc4c(-c5cnc(N)nc5)nc(N5CCOCC5)nc43)C2)s1.Nc1ncc(-c2nc(N3CCOCC3)nc3c2ncn3C2CCN(C(=O)c3ccccc3)C2)cn1.Nc1ncc(-c2nc(N3CCOCC3)nc3c2ncn3C2Cc3ccccc3C2)cn1.Nc1ncc(-c2nc(N3CCOCC3)nc3nc[nH]c23)cn1. The first kappa shape index (κ1) is 78.7. The van der Waals surface area contributed by atoms with E-state index in [2.05, 4.69) is 127 Å². The van der Waals surface area contributed by atoms with Gasteiger partial charge >= 0.3 is 0 Å². The molecule has 40 nitrogen and oxygen atoms in total. The zero-order valence-corrected chi connectivity index (χ0v) is 67.9. The molecule has 626 valence electrons. The van der Waals surface area contributed by atoms with Crippen molar-refractivity contribution in [2.24, 2.45) is 0 Å². The predicted octanol–water partition coefficient (Wildman–Crippen LogP) is 6.22. The number of carbonyl (C=O) groups is 2. The average Bonchev–Trinajstić information content (AvgIpc) is 1.63. The number of rotatable bonds is 13. The van der Waals surface area contributed by atoms with Gasteiger partial charge in [0.25, 0.3) is 11.8 Å². The number of nitrogen functional groups attached to an aromatic ring is 4. The molecule has 15 aromatic rings. The second-order valence-electron chi connectivity index (χ2n) is 30.3. The molecule has 123 heavy (non-hydrogen) atoms. The van der Waals surface area contributed by atoms with E-state index in [0.717, 1.165) is 118 Å². The molecule has 9 N–H and O–H groups in total. The molecule has 13 aromatic heterocycles. The van der Waals surface area contributed by atoms with E-state index in [9.17, 15) is 9.59 Å². The number of morpholine rings is 4. The number of aromatic amines is 1. The number of H-pyrrole nitrogens is 1. The molecule has 22 rings (SSSR count). The number of aromatic nitrogens is 24. The Kier molecular flexibility index (Phi) is 22.3. The third-order valence-electron chi connectivity index (χ3n) is 22.5. The van der Waals surface area contributed by atoms with Crippen LogP contribution in [0.3, 0.4) is 0 Å². The van der Waals surface area contributed by atoms with Gasteiger partial charge in [0, 0.05) is 167 Å². The van der Waals surface area contributed by atoms with E-state index in [0.29, 0.717) is 168 Å². The molecule has 7 aliphatic rings. The van der Waals surface area contributed by atoms with Crippen molar-refractivity contribution >= 4 is 115 Å². The number of nitrogens with two attached hydrogens (primary N) is 4. The van der Waals surface area contributed by atoms with Crippen molar-refractivity contribution in [1.29, 1.82) is 0 Å². The Labute approximate surface area is 706 Å². The minimum Gasteiger partial charge on any atom is -0.378 e. The van der Waals surface area contributed by atoms with Crippen LogP contribution in [0, 0.1) is 6.92 Å². The van der Waals surface area contributed by atoms with Crippen LogP contribution in [0.1, 0.15) is 67.0 Å². The highest BCUT2D eigenvalue weighted by Gasteiger charge is 2.35. The molecule has 2 amide bonds. The summed E-state index contributed by atoms with van der Waals surface area (Å²) in [6.45, 7) is 15.6. The number of nitrogens with one attached hydrogen (secondary N) is 1. The molecule has 6 aliphatic heterocycles. The maximum atomic E-state index is 13.0. The topological polar surface area (TPSA) is 483 Å². The van der Waals surface area contributed by atoms with Crippen LogP contribution in [0.25, 0.3) is 89.7 Å². The fourth-order valence-electron chi connectivity index (χ4n) is 16.1. The maximum Gasteiger partial charge on any atom is 0.263 e. The van der Waals surface area contributed by atoms with Gasteiger partial charge in [0.1, 0.15) is 44.8 Å². The molecule has 6 fully saturated rings. The van der Waals surface area contributed by atoms with Gasteiger partial charge in [-0.1, -0.05) is 42.5 Å². The quantitative estimate of drug-likeness (QED) is 0.0855. The van der Waals surface area contributed by atoms with Gasteiger partial charge in [-0.3, -0.25) is 9.59 Å². The number of hydrogen-bond donors (Lipinski definition) is 5. The molecule has 1 aliphatic carbocycles. The van der Waals surface area contributed by atoms with Crippen molar-refractivity contribution in [1.82, 2.24) is 128 Å². The summed E-state index contributed by atoms with van der Waals surface area (Å²) in [6, 6.07) is 22.3. The highest BCUT2D eigenvalue weighted by atomic mass is 32.1. The summed E-state index contributed by atoms with van der Waals surface area (Å²) in [5, 5.41) is 0. The lowest BCUT2D eigenvalue weighted by atomic mass is 10.1. The predicted molar refractivity (Wildman–Crippen MR) is 459 cm³/mol. The Morgan fingerprint density at radius 2 is 0.748 bits per heavy atom. The molecule has 2 unspecified atom stereocenters. The number of benzene rings is 2. The molecule has 2 aromatic carbocycles. The maximum absolute atomic E-state index is 13.0. The third kappa shape index (κ3) is 16.7. The van der Waals surface area contributed by atoms with Crippen LogP contribution in [0.4, 0.5) is 47.6 Å². The van der Waals surface area contributed by atoms with E-state index < -0.39 is 0 Å². The molecule has 0 radical (unpaired) electrons. The van der Waals surface area contributed by atoms with E-state index >= 15 is 0 Å². The minimum atomic E-state index is 0.0425. The second kappa shape index (κ2) is 34.9. The number of likely N-dealkylation sites (tertiary alicyclic amines) is 2. The van der Waals surface area contributed by atoms with Gasteiger partial charge in [-0.2, -0.15) is 19.9 Å². The second-order valence-corrected chi connectivity index (χ2v) is 31.6. The number of thiophene rings is 1. The summed E-state index contributed by atoms with van der Waals surface area (Å²) in [4.78, 5) is 133. The number of anilines is 8. The zero-order valence-electron chi connectivity index (χ0n) is 67.1. The lowest BCUT2D eigenvalue weighted by Crippen LogP contribution is -2.37. The minimum absolute atomic E-state index is 0.0425. The van der Waals surface area contributed by atoms with Crippen LogP contribution in [-0.4, -0.2) is 271 Å². The van der Waals surface area contributed by atoms with Crippen LogP contribution in [0.5, 0.6) is 0 Å². The first-order chi connectivity index (χ1) is 60.3. The standard InChI is InChI=1S/C24H25N9O2.C23H25N9O2S.C22H22N8O.C13H14N8O/c25-23-26-12-17(13-27-23)19-20-21(30-24(29-19)31-8-10-35-11-9-31)33(15-28-20)18-6-7-32(14-18)22(34)16-4-2-1-3-5-16;1-14-2-3-17(35-14)21(33)31-5-4-16(12-31)32-13-27-19-18(15-10-25-22(24)26-11-15)28-23(29-20(19)32)30-6-8-34-9-7-30;23-21-24-11-16(12-25-21)18-19-20(28-22(27-18)29-5-7-31-8-6-29)30(13-26-19)17-9-14-3-1-2-4-15(14)10-17;14-12-15-5-8(6-16-12)9-10-11(18-7-17-10)20-13(19-9)21-1-3-22-4-2-21/h1-5,12-13,15,18H,6-11,14H2,(H2,25,26,27);2-3,10-11,13,16H,4-9,12H2,1H3,(H2,24,25,26);1-4,11-13,17H,5-10H2,(H2,23,24,25);5-7H,1-4H2,(H2,14,15,16)(H,17,18,19,20). The summed E-state index contributed by atoms with van der Waals surface area (Å²) in [7, 11) is 0. The molecular weight excluding hydrogens is 1590 g/mol. The highest BCUT2D eigenvalue weighted by molar-refractivity contribution is 7.13. The Balaban J connectivity index is 0.000000109. The van der Waals surface area contributed by atoms with E-state index in [1.807, 2.05) is 65.5 Å². The highest BCUT2D eigenvalue weighted by Crippen LogP contribution is 2.38. The number of hydrogen-bond acceptors (Lipinski definition) is 35. The summed E-state index contributed by atoms with van der Waals surface area (Å²) >= 11 is 1.53. The van der Waals surface area contributed by atoms with Crippen molar-refractivity contribution in [3.8, 4) is 45.0 Å². The number of aryl methyl sites for hydroxylation is 1. The molecule has 0 spiro atoms. The lowest BCUT2D eigenvalue weighted by Gasteiger charge is -2.27. The van der Waals surface area contributed by atoms with Gasteiger partial charge in [0.2, 0.25) is 47.6 Å². The number of nitrogens with zero attached hydrogens (tertiary/aromatic N) is 29. The molecular formula is C82H86N34O6S. The fraction of sp³-hybridized carbons (Fsp3) is 0.341. The first-order valence-corrected chi connectivity index (χ1v) is 41.5. The van der Waals surface area contributed by atoms with Gasteiger partial charge in [-0.15, -0.1) is 11.3 Å². The molecule has 41 heteroatoms. The Hall–Kier alpha value is -14.2. The number of imidazole rings is 4. The number of fused-ring (bicyclic) bond motifs is 5. The zero-order chi connectivity index (χ0) is 83.4. The van der Waals surface area contributed by atoms with E-state index in [4.69, 9.17) is 76.8 Å². The van der Waals surface area contributed by atoms with Crippen molar-refractivity contribution in [2.75, 3.05) is 174 Å². The van der Waals surface area contributed by atoms with Gasteiger partial charge in [-0.05, 0) is 68.0 Å². The van der Waals surface area contributed by atoms with Crippen molar-refractivity contribution in [2.45, 2.75) is 50.7 Å². The smallest absolute Gasteiger partial charge is 0.263 e. The number of ether oxygens (including phenoxy) is 4. The van der Waals surface area contributed by atoms with Crippen LogP contribution < -0.4 is 42.5 Å². The molecule has 6 saturated heterocycles. The van der Waals surface area contributed by atoms with Crippen LogP contribution >= 0.6 is 11.3 Å². The Bertz CT molecular complexity index is 6250. The third-order valence-corrected chi connectivity index (χ3v) is 23.5. The fourth-order valence-corrected chi connectivity index (χ4v) is 17.0. The van der Waals surface area contributed by atoms with Crippen molar-refractivity contribution in [3.63, 3.8) is 0 Å². The van der Waals surface area contributed by atoms with E-state index in [1.54, 1.807) is 68.6 Å². The van der Waals surface area contributed by atoms with Gasteiger partial charge in [0.05, 0.1) is 95.1 Å². The molecule has 0 bridgehead atoms. The molecule has 2 atom stereocenters. The van der Waals surface area contributed by atoms with Gasteiger partial charge in [-0.25, -0.2) is 79.7 Å². The summed E-state index contributed by atoms with van der Waals surface area (Å²) in [5.74, 6) is 3.54. The summed E-state index contributed by atoms with van der Waals surface area (Å²) < 4.78 is 28.3. The lowest BCUT2D eigenvalue weighted by molar-refractivity contribution is 0.0782. The van der Waals surface area contributed by atoms with Crippen molar-refractivity contribution in [3.05, 3.63) is 168 Å². The molecule has 0 saturated carbocycles. The number of carbonyl (C=O) groups excluding carboxylic acids is 2. The van der Waals surface area contributed by atoms with Gasteiger partial charge in [0.15, 0.2) is 22.6 Å². The average molecular weight is 1680 g/mol. The largest absolute Gasteiger partial charge is 0.378 e. The van der Waals surface area contributed by atoms with E-state index in [1.165, 1.54) is 22.5 Å². The normalized spacial score (nSPS) is 17.4. The Morgan fingerprint density at radius 1 is 0.390 bits per heavy atom. The van der Waals surface area contributed by atoms with Crippen LogP contribution in [0.2, 0.25) is 0 Å². The number of amides is 2. The van der Waals surface area contributed by atoms with Crippen molar-refractivity contribution < 1.29 is 28.5 Å². The monoisotopic (exact) mass is 1670 g/mol. The molecule has 19 heterocycles. The van der Waals surface area contributed by atoms with Crippen LogP contribution in [-0.2, 0) is 31.8 Å². The van der Waals surface area contributed by atoms with Crippen LogP contribution in [0.15, 0.2) is 142 Å². The Morgan fingerprint density at radius 3 is 1.14 bits per heavy atom. The summed E-state index contributed by atoms with van der Waals surface area (Å²) in [5.41, 5.74) is 37.6.